The molecule has 0 amide bonds. The first-order valence-electron chi connectivity index (χ1n) is 5.63. The van der Waals surface area contributed by atoms with E-state index in [1.165, 1.54) is 18.4 Å². The Balaban J connectivity index is 1.80. The molecule has 1 aromatic heterocycles. The molecule has 1 aliphatic carbocycles. The van der Waals surface area contributed by atoms with Crippen molar-refractivity contribution in [1.82, 2.24) is 10.3 Å². The third-order valence-corrected chi connectivity index (χ3v) is 2.75. The van der Waals surface area contributed by atoms with E-state index in [-0.39, 0.29) is 0 Å². The summed E-state index contributed by atoms with van der Waals surface area (Å²) in [4.78, 5) is 6.55. The lowest BCUT2D eigenvalue weighted by atomic mass is 10.3. The van der Waals surface area contributed by atoms with Crippen LogP contribution in [0.4, 0.5) is 5.82 Å². The SMILES string of the molecule is Cc1ccnc(N(C)CCNC2CC2)c1. The van der Waals surface area contributed by atoms with Crippen LogP contribution in [0.1, 0.15) is 18.4 Å². The molecule has 1 aromatic rings. The first-order valence-corrected chi connectivity index (χ1v) is 5.63. The Labute approximate surface area is 91.5 Å². The Kier molecular flexibility index (Phi) is 3.21. The molecule has 1 heterocycles. The first-order chi connectivity index (χ1) is 7.25. The van der Waals surface area contributed by atoms with E-state index in [1.807, 2.05) is 12.3 Å². The summed E-state index contributed by atoms with van der Waals surface area (Å²) in [6.07, 6.45) is 4.58. The number of nitrogens with zero attached hydrogens (tertiary/aromatic N) is 2. The summed E-state index contributed by atoms with van der Waals surface area (Å²) in [5.74, 6) is 1.06. The summed E-state index contributed by atoms with van der Waals surface area (Å²) in [6, 6.07) is 4.94. The molecule has 3 nitrogen and oxygen atoms in total. The van der Waals surface area contributed by atoms with Gasteiger partial charge in [0.15, 0.2) is 0 Å². The summed E-state index contributed by atoms with van der Waals surface area (Å²) < 4.78 is 0. The Morgan fingerprint density at radius 2 is 2.33 bits per heavy atom. The molecule has 1 aliphatic rings. The normalized spacial score (nSPS) is 15.3. The van der Waals surface area contributed by atoms with Crippen LogP contribution in [-0.2, 0) is 0 Å². The van der Waals surface area contributed by atoms with Gasteiger partial charge < -0.3 is 10.2 Å². The van der Waals surface area contributed by atoms with Crippen LogP contribution in [0.2, 0.25) is 0 Å². The van der Waals surface area contributed by atoms with Crippen LogP contribution >= 0.6 is 0 Å². The second kappa shape index (κ2) is 4.62. The van der Waals surface area contributed by atoms with Crippen LogP contribution in [0.5, 0.6) is 0 Å². The van der Waals surface area contributed by atoms with E-state index in [4.69, 9.17) is 0 Å². The minimum Gasteiger partial charge on any atom is -0.358 e. The smallest absolute Gasteiger partial charge is 0.128 e. The maximum absolute atomic E-state index is 4.35. The van der Waals surface area contributed by atoms with Crippen molar-refractivity contribution in [1.29, 1.82) is 0 Å². The summed E-state index contributed by atoms with van der Waals surface area (Å²) >= 11 is 0. The zero-order chi connectivity index (χ0) is 10.7. The van der Waals surface area contributed by atoms with Crippen molar-refractivity contribution >= 4 is 5.82 Å². The standard InChI is InChI=1S/C12H19N3/c1-10-5-6-14-12(9-10)15(2)8-7-13-11-3-4-11/h5-6,9,11,13H,3-4,7-8H2,1-2H3. The lowest BCUT2D eigenvalue weighted by Gasteiger charge is -2.18. The monoisotopic (exact) mass is 205 g/mol. The largest absolute Gasteiger partial charge is 0.358 e. The zero-order valence-electron chi connectivity index (χ0n) is 9.53. The molecule has 1 N–H and O–H groups in total. The molecular formula is C12H19N3. The van der Waals surface area contributed by atoms with Crippen molar-refractivity contribution in [2.24, 2.45) is 0 Å². The highest BCUT2D eigenvalue weighted by Crippen LogP contribution is 2.18. The van der Waals surface area contributed by atoms with Gasteiger partial charge in [-0.15, -0.1) is 0 Å². The van der Waals surface area contributed by atoms with E-state index in [0.29, 0.717) is 0 Å². The maximum atomic E-state index is 4.35. The quantitative estimate of drug-likeness (QED) is 0.791. The van der Waals surface area contributed by atoms with E-state index < -0.39 is 0 Å². The molecule has 1 fully saturated rings. The number of anilines is 1. The molecule has 0 unspecified atom stereocenters. The predicted octanol–water partition coefficient (Wildman–Crippen LogP) is 1.58. The third-order valence-electron chi connectivity index (χ3n) is 2.75. The molecule has 0 aromatic carbocycles. The highest BCUT2D eigenvalue weighted by molar-refractivity contribution is 5.39. The molecule has 1 saturated carbocycles. The number of likely N-dealkylation sites (N-methyl/N-ethyl adjacent to an activating group) is 1. The number of aromatic nitrogens is 1. The van der Waals surface area contributed by atoms with Crippen molar-refractivity contribution in [2.75, 3.05) is 25.0 Å². The molecule has 0 bridgehead atoms. The van der Waals surface area contributed by atoms with Gasteiger partial charge in [-0.05, 0) is 37.5 Å². The van der Waals surface area contributed by atoms with Crippen LogP contribution in [0.15, 0.2) is 18.3 Å². The van der Waals surface area contributed by atoms with Crippen LogP contribution in [0.25, 0.3) is 0 Å². The third kappa shape index (κ3) is 3.20. The van der Waals surface area contributed by atoms with Crippen molar-refractivity contribution in [2.45, 2.75) is 25.8 Å². The summed E-state index contributed by atoms with van der Waals surface area (Å²) in [5.41, 5.74) is 1.27. The molecule has 82 valence electrons. The number of hydrogen-bond donors (Lipinski definition) is 1. The number of hydrogen-bond acceptors (Lipinski definition) is 3. The van der Waals surface area contributed by atoms with Crippen molar-refractivity contribution < 1.29 is 0 Å². The fraction of sp³-hybridized carbons (Fsp3) is 0.583. The molecular weight excluding hydrogens is 186 g/mol. The van der Waals surface area contributed by atoms with Gasteiger partial charge in [0.1, 0.15) is 5.82 Å². The van der Waals surface area contributed by atoms with E-state index in [2.05, 4.69) is 35.2 Å². The molecule has 15 heavy (non-hydrogen) atoms. The molecule has 0 saturated heterocycles. The number of nitrogens with one attached hydrogen (secondary N) is 1. The Bertz CT molecular complexity index is 320. The summed E-state index contributed by atoms with van der Waals surface area (Å²) in [6.45, 7) is 4.17. The van der Waals surface area contributed by atoms with Gasteiger partial charge in [-0.2, -0.15) is 0 Å². The van der Waals surface area contributed by atoms with Gasteiger partial charge in [-0.25, -0.2) is 4.98 Å². The second-order valence-electron chi connectivity index (χ2n) is 4.34. The van der Waals surface area contributed by atoms with E-state index in [9.17, 15) is 0 Å². The predicted molar refractivity (Wildman–Crippen MR) is 63.3 cm³/mol. The van der Waals surface area contributed by atoms with E-state index >= 15 is 0 Å². The Morgan fingerprint density at radius 1 is 1.53 bits per heavy atom. The topological polar surface area (TPSA) is 28.2 Å². The minimum absolute atomic E-state index is 0.795. The Morgan fingerprint density at radius 3 is 3.00 bits per heavy atom. The lowest BCUT2D eigenvalue weighted by molar-refractivity contribution is 0.672. The van der Waals surface area contributed by atoms with Crippen molar-refractivity contribution in [3.05, 3.63) is 23.9 Å². The van der Waals surface area contributed by atoms with E-state index in [0.717, 1.165) is 24.9 Å². The zero-order valence-corrected chi connectivity index (χ0v) is 9.53. The van der Waals surface area contributed by atoms with Crippen LogP contribution < -0.4 is 10.2 Å². The van der Waals surface area contributed by atoms with E-state index in [1.54, 1.807) is 0 Å². The average Bonchev–Trinajstić information content (AvgIpc) is 3.01. The second-order valence-corrected chi connectivity index (χ2v) is 4.34. The van der Waals surface area contributed by atoms with Gasteiger partial charge in [-0.3, -0.25) is 0 Å². The summed E-state index contributed by atoms with van der Waals surface area (Å²) in [7, 11) is 2.09. The van der Waals surface area contributed by atoms with Gasteiger partial charge in [0.05, 0.1) is 0 Å². The van der Waals surface area contributed by atoms with Crippen LogP contribution in [-0.4, -0.2) is 31.2 Å². The molecule has 0 spiro atoms. The maximum Gasteiger partial charge on any atom is 0.128 e. The molecule has 2 rings (SSSR count). The minimum atomic E-state index is 0.795. The van der Waals surface area contributed by atoms with Gasteiger partial charge in [0, 0.05) is 32.4 Å². The molecule has 0 aliphatic heterocycles. The number of rotatable bonds is 5. The van der Waals surface area contributed by atoms with Crippen LogP contribution in [0.3, 0.4) is 0 Å². The van der Waals surface area contributed by atoms with Crippen molar-refractivity contribution in [3.63, 3.8) is 0 Å². The van der Waals surface area contributed by atoms with Crippen molar-refractivity contribution in [3.8, 4) is 0 Å². The number of aryl methyl sites for hydroxylation is 1. The van der Waals surface area contributed by atoms with Gasteiger partial charge >= 0.3 is 0 Å². The summed E-state index contributed by atoms with van der Waals surface area (Å²) in [5, 5.41) is 3.50. The molecule has 3 heteroatoms. The highest BCUT2D eigenvalue weighted by Gasteiger charge is 2.19. The molecule has 0 atom stereocenters. The fourth-order valence-electron chi connectivity index (χ4n) is 1.57. The number of pyridine rings is 1. The Hall–Kier alpha value is -1.09. The lowest BCUT2D eigenvalue weighted by Crippen LogP contribution is -2.30. The van der Waals surface area contributed by atoms with Crippen LogP contribution in [0, 0.1) is 6.92 Å². The van der Waals surface area contributed by atoms with Gasteiger partial charge in [0.2, 0.25) is 0 Å². The highest BCUT2D eigenvalue weighted by atomic mass is 15.2. The first kappa shape index (κ1) is 10.4. The van der Waals surface area contributed by atoms with Gasteiger partial charge in [-0.1, -0.05) is 0 Å². The molecule has 0 radical (unpaired) electrons. The average molecular weight is 205 g/mol. The van der Waals surface area contributed by atoms with Gasteiger partial charge in [0.25, 0.3) is 0 Å². The fourth-order valence-corrected chi connectivity index (χ4v) is 1.57.